The van der Waals surface area contributed by atoms with E-state index < -0.39 is 0 Å². The normalized spacial score (nSPS) is 16.4. The van der Waals surface area contributed by atoms with E-state index in [1.807, 2.05) is 42.5 Å². The number of carbonyl (C=O) groups excluding carboxylic acids is 1. The van der Waals surface area contributed by atoms with Gasteiger partial charge in [-0.3, -0.25) is 9.89 Å². The van der Waals surface area contributed by atoms with Crippen molar-refractivity contribution in [3.63, 3.8) is 0 Å². The van der Waals surface area contributed by atoms with Crippen molar-refractivity contribution in [3.8, 4) is 11.4 Å². The van der Waals surface area contributed by atoms with Crippen LogP contribution in [-0.2, 0) is 11.2 Å². The monoisotopic (exact) mass is 420 g/mol. The smallest absolute Gasteiger partial charge is 0.232 e. The molecule has 2 aromatic carbocycles. The van der Waals surface area contributed by atoms with Crippen molar-refractivity contribution in [3.05, 3.63) is 77.2 Å². The van der Waals surface area contributed by atoms with E-state index in [0.717, 1.165) is 11.3 Å². The number of H-pyrrole nitrogens is 1. The SMILES string of the molecule is O=C1CC(c2nc(Cc3nc(-c4ccccc4)n[nH]3)no2)CN1c1cccc(Cl)c1. The number of aromatic nitrogens is 5. The van der Waals surface area contributed by atoms with Gasteiger partial charge in [0.15, 0.2) is 11.6 Å². The lowest BCUT2D eigenvalue weighted by Crippen LogP contribution is -2.24. The largest absolute Gasteiger partial charge is 0.339 e. The highest BCUT2D eigenvalue weighted by Crippen LogP contribution is 2.32. The van der Waals surface area contributed by atoms with Gasteiger partial charge in [-0.05, 0) is 18.2 Å². The number of carbonyl (C=O) groups is 1. The number of nitrogens with zero attached hydrogens (tertiary/aromatic N) is 5. The highest BCUT2D eigenvalue weighted by Gasteiger charge is 2.35. The number of anilines is 1. The van der Waals surface area contributed by atoms with Gasteiger partial charge in [0.05, 0.1) is 12.3 Å². The predicted molar refractivity (Wildman–Crippen MR) is 110 cm³/mol. The molecule has 0 spiro atoms. The number of halogens is 1. The molecule has 150 valence electrons. The lowest BCUT2D eigenvalue weighted by Gasteiger charge is -2.16. The minimum absolute atomic E-state index is 0.00440. The summed E-state index contributed by atoms with van der Waals surface area (Å²) in [7, 11) is 0. The fourth-order valence-electron chi connectivity index (χ4n) is 3.51. The van der Waals surface area contributed by atoms with E-state index in [9.17, 15) is 4.79 Å². The molecular formula is C21H17ClN6O2. The zero-order valence-corrected chi connectivity index (χ0v) is 16.6. The van der Waals surface area contributed by atoms with Gasteiger partial charge in [0.25, 0.3) is 0 Å². The van der Waals surface area contributed by atoms with Gasteiger partial charge in [0.1, 0.15) is 5.82 Å². The van der Waals surface area contributed by atoms with Crippen LogP contribution in [0.2, 0.25) is 5.02 Å². The summed E-state index contributed by atoms with van der Waals surface area (Å²) >= 11 is 6.05. The van der Waals surface area contributed by atoms with Gasteiger partial charge in [0, 0.05) is 29.2 Å². The van der Waals surface area contributed by atoms with Crippen molar-refractivity contribution in [1.82, 2.24) is 25.3 Å². The maximum atomic E-state index is 12.5. The van der Waals surface area contributed by atoms with Crippen LogP contribution in [0.15, 0.2) is 59.1 Å². The molecule has 9 heteroatoms. The van der Waals surface area contributed by atoms with E-state index in [0.29, 0.717) is 47.8 Å². The van der Waals surface area contributed by atoms with E-state index >= 15 is 0 Å². The number of aromatic amines is 1. The highest BCUT2D eigenvalue weighted by atomic mass is 35.5. The van der Waals surface area contributed by atoms with E-state index in [4.69, 9.17) is 16.1 Å². The highest BCUT2D eigenvalue weighted by molar-refractivity contribution is 6.30. The zero-order chi connectivity index (χ0) is 20.5. The number of hydrogen-bond acceptors (Lipinski definition) is 6. The van der Waals surface area contributed by atoms with Crippen LogP contribution in [-0.4, -0.2) is 37.8 Å². The second-order valence-corrected chi connectivity index (χ2v) is 7.52. The molecule has 3 heterocycles. The van der Waals surface area contributed by atoms with Crippen LogP contribution in [0.4, 0.5) is 5.69 Å². The Kier molecular flexibility index (Phi) is 4.76. The van der Waals surface area contributed by atoms with Crippen LogP contribution >= 0.6 is 11.6 Å². The van der Waals surface area contributed by atoms with Crippen molar-refractivity contribution < 1.29 is 9.32 Å². The van der Waals surface area contributed by atoms with Crippen LogP contribution in [0, 0.1) is 0 Å². The van der Waals surface area contributed by atoms with Gasteiger partial charge in [0.2, 0.25) is 11.8 Å². The molecule has 1 saturated heterocycles. The summed E-state index contributed by atoms with van der Waals surface area (Å²) in [5.74, 6) is 2.05. The Labute approximate surface area is 176 Å². The summed E-state index contributed by atoms with van der Waals surface area (Å²) in [5.41, 5.74) is 1.70. The quantitative estimate of drug-likeness (QED) is 0.529. The van der Waals surface area contributed by atoms with E-state index in [1.165, 1.54) is 0 Å². The molecule has 0 aliphatic carbocycles. The Morgan fingerprint density at radius 3 is 2.83 bits per heavy atom. The molecule has 0 saturated carbocycles. The average molecular weight is 421 g/mol. The lowest BCUT2D eigenvalue weighted by atomic mass is 10.1. The molecule has 0 radical (unpaired) electrons. The van der Waals surface area contributed by atoms with Crippen molar-refractivity contribution in [2.24, 2.45) is 0 Å². The molecule has 0 bridgehead atoms. The summed E-state index contributed by atoms with van der Waals surface area (Å²) < 4.78 is 5.44. The number of rotatable bonds is 5. The fraction of sp³-hybridized carbons (Fsp3) is 0.190. The molecule has 1 N–H and O–H groups in total. The molecule has 8 nitrogen and oxygen atoms in total. The Balaban J connectivity index is 1.28. The molecule has 30 heavy (non-hydrogen) atoms. The Hall–Kier alpha value is -3.52. The summed E-state index contributed by atoms with van der Waals surface area (Å²) in [6, 6.07) is 16.9. The Morgan fingerprint density at radius 2 is 2.00 bits per heavy atom. The first-order valence-corrected chi connectivity index (χ1v) is 9.88. The van der Waals surface area contributed by atoms with E-state index in [2.05, 4.69) is 25.3 Å². The maximum Gasteiger partial charge on any atom is 0.232 e. The molecular weight excluding hydrogens is 404 g/mol. The third-order valence-electron chi connectivity index (χ3n) is 4.97. The van der Waals surface area contributed by atoms with Gasteiger partial charge in [-0.2, -0.15) is 10.1 Å². The topological polar surface area (TPSA) is 101 Å². The minimum Gasteiger partial charge on any atom is -0.339 e. The second-order valence-electron chi connectivity index (χ2n) is 7.08. The van der Waals surface area contributed by atoms with Gasteiger partial charge in [-0.15, -0.1) is 0 Å². The van der Waals surface area contributed by atoms with Crippen LogP contribution in [0.3, 0.4) is 0 Å². The van der Waals surface area contributed by atoms with Crippen LogP contribution in [0.5, 0.6) is 0 Å². The number of amides is 1. The minimum atomic E-state index is -0.160. The predicted octanol–water partition coefficient (Wildman–Crippen LogP) is 3.62. The molecule has 1 aliphatic heterocycles. The number of hydrogen-bond donors (Lipinski definition) is 1. The number of benzene rings is 2. The Bertz CT molecular complexity index is 1190. The maximum absolute atomic E-state index is 12.5. The summed E-state index contributed by atoms with van der Waals surface area (Å²) in [4.78, 5) is 23.1. The zero-order valence-electron chi connectivity index (χ0n) is 15.8. The molecule has 5 rings (SSSR count). The summed E-state index contributed by atoms with van der Waals surface area (Å²) in [6.07, 6.45) is 0.677. The molecule has 1 amide bonds. The molecule has 1 unspecified atom stereocenters. The van der Waals surface area contributed by atoms with Crippen molar-refractivity contribution >= 4 is 23.2 Å². The van der Waals surface area contributed by atoms with Gasteiger partial charge in [-0.1, -0.05) is 53.2 Å². The summed E-state index contributed by atoms with van der Waals surface area (Å²) in [5, 5.41) is 11.8. The van der Waals surface area contributed by atoms with Crippen molar-refractivity contribution in [1.29, 1.82) is 0 Å². The van der Waals surface area contributed by atoms with E-state index in [-0.39, 0.29) is 11.8 Å². The molecule has 1 aliphatic rings. The molecule has 1 fully saturated rings. The van der Waals surface area contributed by atoms with Gasteiger partial charge in [-0.25, -0.2) is 4.98 Å². The first-order valence-electron chi connectivity index (χ1n) is 9.51. The Morgan fingerprint density at radius 1 is 1.13 bits per heavy atom. The first kappa shape index (κ1) is 18.5. The van der Waals surface area contributed by atoms with Crippen molar-refractivity contribution in [2.75, 3.05) is 11.4 Å². The molecule has 4 aromatic rings. The van der Waals surface area contributed by atoms with Gasteiger partial charge >= 0.3 is 0 Å². The standard InChI is InChI=1S/C21H17ClN6O2/c22-15-7-4-8-16(10-15)28-12-14(9-19(28)29)21-24-18(27-30-21)11-17-23-20(26-25-17)13-5-2-1-3-6-13/h1-8,10,14H,9,11-12H2,(H,23,25,26). The first-order chi connectivity index (χ1) is 14.7. The molecule has 2 aromatic heterocycles. The number of nitrogens with one attached hydrogen (secondary N) is 1. The van der Waals surface area contributed by atoms with Crippen molar-refractivity contribution in [2.45, 2.75) is 18.8 Å². The fourth-order valence-corrected chi connectivity index (χ4v) is 3.70. The lowest BCUT2D eigenvalue weighted by molar-refractivity contribution is -0.117. The third-order valence-corrected chi connectivity index (χ3v) is 5.20. The van der Waals surface area contributed by atoms with Crippen LogP contribution < -0.4 is 4.90 Å². The van der Waals surface area contributed by atoms with Crippen LogP contribution in [0.1, 0.15) is 29.9 Å². The second kappa shape index (κ2) is 7.72. The third kappa shape index (κ3) is 3.69. The summed E-state index contributed by atoms with van der Waals surface area (Å²) in [6.45, 7) is 0.473. The van der Waals surface area contributed by atoms with Crippen LogP contribution in [0.25, 0.3) is 11.4 Å². The molecule has 1 atom stereocenters. The van der Waals surface area contributed by atoms with E-state index in [1.54, 1.807) is 17.0 Å². The average Bonchev–Trinajstić information content (AvgIpc) is 3.49. The van der Waals surface area contributed by atoms with Gasteiger partial charge < -0.3 is 9.42 Å².